The van der Waals surface area contributed by atoms with Gasteiger partial charge >= 0.3 is 5.97 Å². The zero-order valence-electron chi connectivity index (χ0n) is 12.7. The summed E-state index contributed by atoms with van der Waals surface area (Å²) in [5, 5.41) is 10.3. The Kier molecular flexibility index (Phi) is 5.87. The molecule has 0 spiro atoms. The minimum Gasteiger partial charge on any atom is -0.480 e. The first-order valence-corrected chi connectivity index (χ1v) is 9.13. The van der Waals surface area contributed by atoms with Crippen molar-refractivity contribution in [2.45, 2.75) is 17.4 Å². The van der Waals surface area contributed by atoms with Crippen LogP contribution in [0.4, 0.5) is 0 Å². The van der Waals surface area contributed by atoms with Gasteiger partial charge in [0.05, 0.1) is 4.90 Å². The topological polar surface area (TPSA) is 74.7 Å². The lowest BCUT2D eigenvalue weighted by atomic mass is 10.1. The molecule has 0 heterocycles. The van der Waals surface area contributed by atoms with Gasteiger partial charge < -0.3 is 5.11 Å². The molecule has 0 saturated heterocycles. The fraction of sp³-hybridized carbons (Fsp3) is 0.188. The molecule has 2 rings (SSSR count). The smallest absolute Gasteiger partial charge is 0.322 e. The number of hydrogen-bond acceptors (Lipinski definition) is 3. The average Bonchev–Trinajstić information content (AvgIpc) is 2.53. The lowest BCUT2D eigenvalue weighted by Gasteiger charge is -2.24. The Labute approximate surface area is 150 Å². The van der Waals surface area contributed by atoms with Crippen molar-refractivity contribution < 1.29 is 18.3 Å². The maximum atomic E-state index is 12.7. The molecule has 1 N–H and O–H groups in total. The number of nitrogens with zero attached hydrogens (tertiary/aromatic N) is 1. The molecular formula is C16H15Cl2NO4S. The summed E-state index contributed by atoms with van der Waals surface area (Å²) in [7, 11) is -2.75. The van der Waals surface area contributed by atoms with Crippen molar-refractivity contribution >= 4 is 39.2 Å². The fourth-order valence-corrected chi connectivity index (χ4v) is 3.84. The zero-order valence-corrected chi connectivity index (χ0v) is 15.0. The van der Waals surface area contributed by atoms with Gasteiger partial charge in [-0.15, -0.1) is 0 Å². The van der Waals surface area contributed by atoms with Gasteiger partial charge in [0.15, 0.2) is 0 Å². The van der Waals surface area contributed by atoms with E-state index in [-0.39, 0.29) is 11.3 Å². The second-order valence-corrected chi connectivity index (χ2v) is 7.97. The number of carboxylic acid groups (broad SMARTS) is 1. The molecule has 0 fully saturated rings. The molecule has 0 amide bonds. The van der Waals surface area contributed by atoms with Crippen molar-refractivity contribution in [3.63, 3.8) is 0 Å². The molecule has 2 aromatic carbocycles. The van der Waals surface area contributed by atoms with E-state index in [1.54, 1.807) is 24.3 Å². The third-order valence-electron chi connectivity index (χ3n) is 3.59. The number of hydrogen-bond donors (Lipinski definition) is 1. The molecule has 0 aliphatic rings. The summed E-state index contributed by atoms with van der Waals surface area (Å²) >= 11 is 11.8. The highest BCUT2D eigenvalue weighted by Gasteiger charge is 2.33. The van der Waals surface area contributed by atoms with Crippen LogP contribution in [0.25, 0.3) is 0 Å². The van der Waals surface area contributed by atoms with Crippen LogP contribution in [-0.2, 0) is 21.2 Å². The van der Waals surface area contributed by atoms with Crippen LogP contribution in [0.3, 0.4) is 0 Å². The van der Waals surface area contributed by atoms with E-state index in [0.717, 1.165) is 4.31 Å². The van der Waals surface area contributed by atoms with E-state index < -0.39 is 22.0 Å². The van der Waals surface area contributed by atoms with Gasteiger partial charge in [-0.05, 0) is 35.9 Å². The summed E-state index contributed by atoms with van der Waals surface area (Å²) in [5.41, 5.74) is 0.560. The molecule has 0 saturated carbocycles. The highest BCUT2D eigenvalue weighted by atomic mass is 35.5. The minimum atomic E-state index is -3.98. The summed E-state index contributed by atoms with van der Waals surface area (Å²) < 4.78 is 26.1. The van der Waals surface area contributed by atoms with Crippen molar-refractivity contribution in [2.24, 2.45) is 0 Å². The van der Waals surface area contributed by atoms with Gasteiger partial charge in [0.2, 0.25) is 10.0 Å². The van der Waals surface area contributed by atoms with Crippen molar-refractivity contribution in [3.05, 3.63) is 64.1 Å². The molecule has 0 aliphatic heterocycles. The van der Waals surface area contributed by atoms with Crippen molar-refractivity contribution in [3.8, 4) is 0 Å². The Morgan fingerprint density at radius 1 is 1.12 bits per heavy atom. The van der Waals surface area contributed by atoms with Gasteiger partial charge in [-0.3, -0.25) is 4.79 Å². The monoisotopic (exact) mass is 387 g/mol. The van der Waals surface area contributed by atoms with Crippen LogP contribution < -0.4 is 0 Å². The van der Waals surface area contributed by atoms with Crippen molar-refractivity contribution in [2.75, 3.05) is 7.05 Å². The number of aliphatic carboxylic acids is 1. The molecule has 0 unspecified atom stereocenters. The van der Waals surface area contributed by atoms with Crippen LogP contribution in [0.5, 0.6) is 0 Å². The van der Waals surface area contributed by atoms with Crippen LogP contribution in [0, 0.1) is 0 Å². The first-order chi connectivity index (χ1) is 11.2. The van der Waals surface area contributed by atoms with E-state index >= 15 is 0 Å². The number of rotatable bonds is 6. The van der Waals surface area contributed by atoms with E-state index in [1.807, 2.05) is 0 Å². The number of halogens is 2. The molecule has 1 atom stereocenters. The largest absolute Gasteiger partial charge is 0.480 e. The average molecular weight is 388 g/mol. The highest BCUT2D eigenvalue weighted by molar-refractivity contribution is 7.89. The number of carbonyl (C=O) groups is 1. The Hall–Kier alpha value is -1.60. The normalized spacial score (nSPS) is 13.0. The summed E-state index contributed by atoms with van der Waals surface area (Å²) in [6.45, 7) is 0. The minimum absolute atomic E-state index is 0.0280. The van der Waals surface area contributed by atoms with E-state index in [2.05, 4.69) is 0 Å². The van der Waals surface area contributed by atoms with Gasteiger partial charge in [0.25, 0.3) is 0 Å². The SMILES string of the molecule is CN([C@@H](Cc1ccccc1Cl)C(=O)O)S(=O)(=O)c1ccc(Cl)cc1. The van der Waals surface area contributed by atoms with Gasteiger partial charge in [0, 0.05) is 23.5 Å². The van der Waals surface area contributed by atoms with Crippen LogP contribution in [0.15, 0.2) is 53.4 Å². The fourth-order valence-electron chi connectivity index (χ4n) is 2.18. The molecule has 0 radical (unpaired) electrons. The summed E-state index contributed by atoms with van der Waals surface area (Å²) in [6, 6.07) is 11.0. The molecule has 0 aliphatic carbocycles. The van der Waals surface area contributed by atoms with Gasteiger partial charge in [-0.2, -0.15) is 4.31 Å². The van der Waals surface area contributed by atoms with Crippen LogP contribution >= 0.6 is 23.2 Å². The van der Waals surface area contributed by atoms with Gasteiger partial charge in [0.1, 0.15) is 6.04 Å². The number of sulfonamides is 1. The predicted octanol–water partition coefficient (Wildman–Crippen LogP) is 3.31. The molecular weight excluding hydrogens is 373 g/mol. The maximum absolute atomic E-state index is 12.7. The second-order valence-electron chi connectivity index (χ2n) is 5.12. The van der Waals surface area contributed by atoms with Crippen molar-refractivity contribution in [1.29, 1.82) is 0 Å². The maximum Gasteiger partial charge on any atom is 0.322 e. The lowest BCUT2D eigenvalue weighted by Crippen LogP contribution is -2.43. The number of likely N-dealkylation sites (N-methyl/N-ethyl adjacent to an activating group) is 1. The molecule has 24 heavy (non-hydrogen) atoms. The Bertz CT molecular complexity index is 837. The van der Waals surface area contributed by atoms with Gasteiger partial charge in [-0.1, -0.05) is 41.4 Å². The van der Waals surface area contributed by atoms with E-state index in [1.165, 1.54) is 31.3 Å². The number of carboxylic acids is 1. The molecule has 0 bridgehead atoms. The molecule has 8 heteroatoms. The van der Waals surface area contributed by atoms with Crippen LogP contribution in [0.2, 0.25) is 10.0 Å². The Morgan fingerprint density at radius 2 is 1.71 bits per heavy atom. The summed E-state index contributed by atoms with van der Waals surface area (Å²) in [6.07, 6.45) is -0.0433. The molecule has 0 aromatic heterocycles. The van der Waals surface area contributed by atoms with Crippen molar-refractivity contribution in [1.82, 2.24) is 4.31 Å². The first-order valence-electron chi connectivity index (χ1n) is 6.93. The quantitative estimate of drug-likeness (QED) is 0.824. The van der Waals surface area contributed by atoms with Crippen LogP contribution in [0.1, 0.15) is 5.56 Å². The lowest BCUT2D eigenvalue weighted by molar-refractivity contribution is -0.141. The molecule has 2 aromatic rings. The number of benzene rings is 2. The predicted molar refractivity (Wildman–Crippen MR) is 93.0 cm³/mol. The molecule has 128 valence electrons. The molecule has 5 nitrogen and oxygen atoms in total. The highest BCUT2D eigenvalue weighted by Crippen LogP contribution is 2.23. The summed E-state index contributed by atoms with van der Waals surface area (Å²) in [5.74, 6) is -1.25. The van der Waals surface area contributed by atoms with Crippen LogP contribution in [-0.4, -0.2) is 36.9 Å². The summed E-state index contributed by atoms with van der Waals surface area (Å²) in [4.78, 5) is 11.6. The van der Waals surface area contributed by atoms with E-state index in [4.69, 9.17) is 23.2 Å². The first kappa shape index (κ1) is 18.7. The third-order valence-corrected chi connectivity index (χ3v) is 6.09. The van der Waals surface area contributed by atoms with E-state index in [9.17, 15) is 18.3 Å². The van der Waals surface area contributed by atoms with E-state index in [0.29, 0.717) is 15.6 Å². The second kappa shape index (κ2) is 7.53. The standard InChI is InChI=1S/C16H15Cl2NO4S/c1-19(24(22,23)13-8-6-12(17)7-9-13)15(16(20)21)10-11-4-2-3-5-14(11)18/h2-9,15H,10H2,1H3,(H,20,21)/t15-/m0/s1. The third kappa shape index (κ3) is 4.08. The Balaban J connectivity index is 2.35. The Morgan fingerprint density at radius 3 is 2.25 bits per heavy atom. The van der Waals surface area contributed by atoms with Gasteiger partial charge in [-0.25, -0.2) is 8.42 Å². The zero-order chi connectivity index (χ0) is 17.9.